The Morgan fingerprint density at radius 3 is 2.26 bits per heavy atom. The monoisotopic (exact) mass is 264 g/mol. The van der Waals surface area contributed by atoms with Gasteiger partial charge in [0, 0.05) is 5.54 Å². The zero-order valence-electron chi connectivity index (χ0n) is 12.3. The molecule has 4 nitrogen and oxygen atoms in total. The summed E-state index contributed by atoms with van der Waals surface area (Å²) in [4.78, 5) is 2.37. The first kappa shape index (κ1) is 14.2. The molecule has 1 heterocycles. The standard InChI is InChI=1S/C15H24N2O2/c1-16-15(7-9-17(2)10-8-15)12-5-6-13(18-3)14(11-12)19-4/h5-6,11,16H,7-10H2,1-4H3. The van der Waals surface area contributed by atoms with Gasteiger partial charge in [0.1, 0.15) is 0 Å². The van der Waals surface area contributed by atoms with Gasteiger partial charge in [-0.2, -0.15) is 0 Å². The first-order valence-corrected chi connectivity index (χ1v) is 6.75. The minimum atomic E-state index is 0.0477. The Morgan fingerprint density at radius 1 is 1.11 bits per heavy atom. The van der Waals surface area contributed by atoms with E-state index in [1.54, 1.807) is 14.2 Å². The molecule has 2 rings (SSSR count). The third kappa shape index (κ3) is 2.69. The summed E-state index contributed by atoms with van der Waals surface area (Å²) in [7, 11) is 7.57. The number of hydrogen-bond donors (Lipinski definition) is 1. The molecule has 0 unspecified atom stereocenters. The molecular formula is C15H24N2O2. The van der Waals surface area contributed by atoms with Crippen molar-refractivity contribution in [2.75, 3.05) is 41.4 Å². The van der Waals surface area contributed by atoms with Gasteiger partial charge in [0.15, 0.2) is 11.5 Å². The predicted octanol–water partition coefficient (Wildman–Crippen LogP) is 1.84. The first-order chi connectivity index (χ1) is 9.15. The van der Waals surface area contributed by atoms with Crippen molar-refractivity contribution in [3.05, 3.63) is 23.8 Å². The molecule has 0 radical (unpaired) electrons. The second-order valence-corrected chi connectivity index (χ2v) is 5.21. The molecule has 1 fully saturated rings. The summed E-state index contributed by atoms with van der Waals surface area (Å²) in [6.07, 6.45) is 2.21. The van der Waals surface area contributed by atoms with E-state index in [1.807, 2.05) is 13.1 Å². The highest BCUT2D eigenvalue weighted by atomic mass is 16.5. The van der Waals surface area contributed by atoms with Crippen LogP contribution in [0.15, 0.2) is 18.2 Å². The van der Waals surface area contributed by atoms with Crippen LogP contribution in [-0.2, 0) is 5.54 Å². The zero-order valence-corrected chi connectivity index (χ0v) is 12.3. The fraction of sp³-hybridized carbons (Fsp3) is 0.600. The number of rotatable bonds is 4. The number of ether oxygens (including phenoxy) is 2. The highest BCUT2D eigenvalue weighted by molar-refractivity contribution is 5.45. The van der Waals surface area contributed by atoms with Crippen molar-refractivity contribution < 1.29 is 9.47 Å². The molecule has 0 aromatic heterocycles. The minimum Gasteiger partial charge on any atom is -0.493 e. The number of likely N-dealkylation sites (tertiary alicyclic amines) is 1. The fourth-order valence-electron chi connectivity index (χ4n) is 2.82. The lowest BCUT2D eigenvalue weighted by Crippen LogP contribution is -2.48. The highest BCUT2D eigenvalue weighted by Crippen LogP contribution is 2.37. The summed E-state index contributed by atoms with van der Waals surface area (Å²) in [6, 6.07) is 6.23. The molecule has 0 spiro atoms. The van der Waals surface area contributed by atoms with E-state index in [0.29, 0.717) is 0 Å². The van der Waals surface area contributed by atoms with Crippen LogP contribution < -0.4 is 14.8 Å². The Hall–Kier alpha value is -1.26. The van der Waals surface area contributed by atoms with Crippen LogP contribution in [0.3, 0.4) is 0 Å². The molecule has 1 aromatic carbocycles. The average Bonchev–Trinajstić information content (AvgIpc) is 2.47. The number of nitrogens with one attached hydrogen (secondary N) is 1. The van der Waals surface area contributed by atoms with Gasteiger partial charge >= 0.3 is 0 Å². The van der Waals surface area contributed by atoms with Gasteiger partial charge in [0.05, 0.1) is 14.2 Å². The van der Waals surface area contributed by atoms with Crippen LogP contribution in [0.5, 0.6) is 11.5 Å². The van der Waals surface area contributed by atoms with Gasteiger partial charge in [-0.1, -0.05) is 6.07 Å². The maximum atomic E-state index is 5.42. The summed E-state index contributed by atoms with van der Waals surface area (Å²) in [5.41, 5.74) is 1.33. The van der Waals surface area contributed by atoms with Crippen molar-refractivity contribution in [2.24, 2.45) is 0 Å². The van der Waals surface area contributed by atoms with Gasteiger partial charge in [0.25, 0.3) is 0 Å². The molecule has 0 bridgehead atoms. The molecule has 0 aliphatic carbocycles. The Balaban J connectivity index is 2.33. The Kier molecular flexibility index (Phi) is 4.32. The SMILES string of the molecule is CNC1(c2ccc(OC)c(OC)c2)CCN(C)CC1. The van der Waals surface area contributed by atoms with E-state index in [2.05, 4.69) is 29.4 Å². The van der Waals surface area contributed by atoms with Crippen molar-refractivity contribution in [3.8, 4) is 11.5 Å². The average molecular weight is 264 g/mol. The van der Waals surface area contributed by atoms with Gasteiger partial charge < -0.3 is 19.7 Å². The van der Waals surface area contributed by atoms with Crippen molar-refractivity contribution in [2.45, 2.75) is 18.4 Å². The van der Waals surface area contributed by atoms with Crippen LogP contribution >= 0.6 is 0 Å². The predicted molar refractivity (Wildman–Crippen MR) is 77.0 cm³/mol. The third-order valence-electron chi connectivity index (χ3n) is 4.26. The van der Waals surface area contributed by atoms with Crippen LogP contribution in [0, 0.1) is 0 Å². The molecule has 0 amide bonds. The van der Waals surface area contributed by atoms with Crippen molar-refractivity contribution in [3.63, 3.8) is 0 Å². The van der Waals surface area contributed by atoms with Crippen molar-refractivity contribution in [1.29, 1.82) is 0 Å². The van der Waals surface area contributed by atoms with Crippen LogP contribution in [0.2, 0.25) is 0 Å². The second kappa shape index (κ2) is 5.80. The van der Waals surface area contributed by atoms with Gasteiger partial charge in [-0.15, -0.1) is 0 Å². The Bertz CT molecular complexity index is 426. The Labute approximate surface area is 115 Å². The minimum absolute atomic E-state index is 0.0477. The van der Waals surface area contributed by atoms with Gasteiger partial charge in [-0.25, -0.2) is 0 Å². The molecule has 1 aromatic rings. The molecular weight excluding hydrogens is 240 g/mol. The zero-order chi connectivity index (χ0) is 13.9. The number of hydrogen-bond acceptors (Lipinski definition) is 4. The highest BCUT2D eigenvalue weighted by Gasteiger charge is 2.34. The number of nitrogens with zero attached hydrogens (tertiary/aromatic N) is 1. The first-order valence-electron chi connectivity index (χ1n) is 6.75. The molecule has 4 heteroatoms. The topological polar surface area (TPSA) is 33.7 Å². The van der Waals surface area contributed by atoms with Gasteiger partial charge in [-0.05, 0) is 57.7 Å². The summed E-state index contributed by atoms with van der Waals surface area (Å²) in [5.74, 6) is 1.58. The van der Waals surface area contributed by atoms with Gasteiger partial charge in [0.2, 0.25) is 0 Å². The van der Waals surface area contributed by atoms with Crippen LogP contribution in [0.4, 0.5) is 0 Å². The Morgan fingerprint density at radius 2 is 1.74 bits per heavy atom. The molecule has 1 aliphatic heterocycles. The lowest BCUT2D eigenvalue weighted by Gasteiger charge is -2.41. The van der Waals surface area contributed by atoms with E-state index in [9.17, 15) is 0 Å². The van der Waals surface area contributed by atoms with E-state index in [4.69, 9.17) is 9.47 Å². The maximum Gasteiger partial charge on any atom is 0.161 e. The summed E-state index contributed by atoms with van der Waals surface area (Å²) >= 11 is 0. The molecule has 1 N–H and O–H groups in total. The third-order valence-corrected chi connectivity index (χ3v) is 4.26. The van der Waals surface area contributed by atoms with Crippen LogP contribution in [0.25, 0.3) is 0 Å². The fourth-order valence-corrected chi connectivity index (χ4v) is 2.82. The molecule has 19 heavy (non-hydrogen) atoms. The van der Waals surface area contributed by atoms with Crippen LogP contribution in [0.1, 0.15) is 18.4 Å². The number of piperidine rings is 1. The van der Waals surface area contributed by atoms with E-state index in [1.165, 1.54) is 5.56 Å². The largest absolute Gasteiger partial charge is 0.493 e. The molecule has 0 atom stereocenters. The van der Waals surface area contributed by atoms with Crippen molar-refractivity contribution in [1.82, 2.24) is 10.2 Å². The van der Waals surface area contributed by atoms with Crippen molar-refractivity contribution >= 4 is 0 Å². The molecule has 106 valence electrons. The van der Waals surface area contributed by atoms with E-state index in [0.717, 1.165) is 37.4 Å². The summed E-state index contributed by atoms with van der Waals surface area (Å²) in [6.45, 7) is 2.21. The summed E-state index contributed by atoms with van der Waals surface area (Å²) < 4.78 is 10.7. The lowest BCUT2D eigenvalue weighted by atomic mass is 9.81. The normalized spacial score (nSPS) is 19.2. The van der Waals surface area contributed by atoms with Crippen LogP contribution in [-0.4, -0.2) is 46.3 Å². The second-order valence-electron chi connectivity index (χ2n) is 5.21. The maximum absolute atomic E-state index is 5.42. The smallest absolute Gasteiger partial charge is 0.161 e. The molecule has 1 saturated heterocycles. The van der Waals surface area contributed by atoms with Gasteiger partial charge in [-0.3, -0.25) is 0 Å². The van der Waals surface area contributed by atoms with E-state index < -0.39 is 0 Å². The van der Waals surface area contributed by atoms with E-state index >= 15 is 0 Å². The molecule has 1 aliphatic rings. The number of methoxy groups -OCH3 is 2. The quantitative estimate of drug-likeness (QED) is 0.900. The summed E-state index contributed by atoms with van der Waals surface area (Å²) in [5, 5.41) is 3.52. The van der Waals surface area contributed by atoms with E-state index in [-0.39, 0.29) is 5.54 Å². The molecule has 0 saturated carbocycles. The lowest BCUT2D eigenvalue weighted by molar-refractivity contribution is 0.164. The number of benzene rings is 1.